The second kappa shape index (κ2) is 7.94. The van der Waals surface area contributed by atoms with E-state index in [1.807, 2.05) is 4.68 Å². The van der Waals surface area contributed by atoms with Gasteiger partial charge in [0.15, 0.2) is 0 Å². The number of aromatic nitrogens is 3. The second-order valence-corrected chi connectivity index (χ2v) is 7.03. The Kier molecular flexibility index (Phi) is 5.33. The Morgan fingerprint density at radius 2 is 2.07 bits per heavy atom. The summed E-state index contributed by atoms with van der Waals surface area (Å²) in [5, 5.41) is 11.0. The normalized spacial score (nSPS) is 15.3. The molecular weight excluding hydrogens is 399 g/mol. The number of hydrogen-bond acceptors (Lipinski definition) is 5. The number of pyridine rings is 1. The van der Waals surface area contributed by atoms with Crippen LogP contribution >= 0.6 is 0 Å². The van der Waals surface area contributed by atoms with E-state index in [0.29, 0.717) is 5.75 Å². The van der Waals surface area contributed by atoms with E-state index in [1.165, 1.54) is 7.11 Å². The van der Waals surface area contributed by atoms with E-state index >= 15 is 0 Å². The summed E-state index contributed by atoms with van der Waals surface area (Å²) >= 11 is 0. The van der Waals surface area contributed by atoms with Gasteiger partial charge in [0.2, 0.25) is 0 Å². The largest absolute Gasteiger partial charge is 0.494 e. The first-order chi connectivity index (χ1) is 14.4. The smallest absolute Gasteiger partial charge is 0.418 e. The lowest BCUT2D eigenvalue weighted by Crippen LogP contribution is -2.29. The fraction of sp³-hybridized carbons (Fsp3) is 0.350. The number of anilines is 1. The van der Waals surface area contributed by atoms with Gasteiger partial charge in [0.25, 0.3) is 5.91 Å². The average molecular weight is 419 g/mol. The van der Waals surface area contributed by atoms with E-state index < -0.39 is 23.3 Å². The summed E-state index contributed by atoms with van der Waals surface area (Å²) in [6, 6.07) is 5.60. The lowest BCUT2D eigenvalue weighted by atomic mass is 10.1. The molecule has 0 radical (unpaired) electrons. The molecule has 1 saturated heterocycles. The van der Waals surface area contributed by atoms with Crippen LogP contribution in [0.2, 0.25) is 0 Å². The first-order valence-corrected chi connectivity index (χ1v) is 9.48. The summed E-state index contributed by atoms with van der Waals surface area (Å²) in [5.74, 6) is -0.637. The quantitative estimate of drug-likeness (QED) is 0.675. The number of ether oxygens (including phenoxy) is 1. The number of nitrogens with zero attached hydrogens (tertiary/aromatic N) is 3. The van der Waals surface area contributed by atoms with Crippen molar-refractivity contribution in [2.45, 2.75) is 25.1 Å². The molecule has 1 fully saturated rings. The Morgan fingerprint density at radius 1 is 1.30 bits per heavy atom. The Morgan fingerprint density at radius 3 is 2.77 bits per heavy atom. The van der Waals surface area contributed by atoms with Crippen LogP contribution < -0.4 is 15.4 Å². The Labute approximate surface area is 170 Å². The number of benzene rings is 1. The van der Waals surface area contributed by atoms with E-state index in [1.54, 1.807) is 18.3 Å². The number of halogens is 3. The molecule has 0 spiro atoms. The maximum atomic E-state index is 13.2. The molecule has 0 atom stereocenters. The van der Waals surface area contributed by atoms with Gasteiger partial charge in [-0.1, -0.05) is 0 Å². The van der Waals surface area contributed by atoms with Gasteiger partial charge < -0.3 is 15.4 Å². The highest BCUT2D eigenvalue weighted by Crippen LogP contribution is 2.34. The third-order valence-corrected chi connectivity index (χ3v) is 5.15. The molecule has 0 unspecified atom stereocenters. The number of carbonyl (C=O) groups is 1. The molecule has 0 saturated carbocycles. The van der Waals surface area contributed by atoms with E-state index in [4.69, 9.17) is 4.74 Å². The first-order valence-electron chi connectivity index (χ1n) is 9.48. The number of hydrogen-bond donors (Lipinski definition) is 2. The molecular formula is C20H20F3N5O2. The number of amides is 1. The molecule has 2 aromatic heterocycles. The van der Waals surface area contributed by atoms with Gasteiger partial charge in [-0.15, -0.1) is 0 Å². The number of fused-ring (bicyclic) bond motifs is 1. The maximum absolute atomic E-state index is 13.2. The predicted molar refractivity (Wildman–Crippen MR) is 105 cm³/mol. The van der Waals surface area contributed by atoms with Crippen molar-refractivity contribution in [3.05, 3.63) is 47.9 Å². The number of rotatable bonds is 4. The van der Waals surface area contributed by atoms with Crippen LogP contribution in [0.5, 0.6) is 5.75 Å². The third kappa shape index (κ3) is 3.82. The molecule has 0 bridgehead atoms. The molecule has 7 nitrogen and oxygen atoms in total. The highest BCUT2D eigenvalue weighted by atomic mass is 19.4. The maximum Gasteiger partial charge on any atom is 0.418 e. The Balaban J connectivity index is 1.67. The van der Waals surface area contributed by atoms with Crippen molar-refractivity contribution in [1.29, 1.82) is 0 Å². The van der Waals surface area contributed by atoms with Gasteiger partial charge in [0.05, 0.1) is 36.1 Å². The van der Waals surface area contributed by atoms with Crippen molar-refractivity contribution in [2.24, 2.45) is 0 Å². The lowest BCUT2D eigenvalue weighted by molar-refractivity contribution is -0.138. The molecule has 3 heterocycles. The molecule has 2 N–H and O–H groups in total. The highest BCUT2D eigenvalue weighted by Gasteiger charge is 2.36. The van der Waals surface area contributed by atoms with Gasteiger partial charge in [0, 0.05) is 17.6 Å². The fourth-order valence-electron chi connectivity index (χ4n) is 3.68. The SMILES string of the molecule is COc1cc2c(cnn2C2CCNCC2)cc1NC(=O)c1ncccc1C(F)(F)F. The summed E-state index contributed by atoms with van der Waals surface area (Å²) in [4.78, 5) is 16.2. The van der Waals surface area contributed by atoms with Gasteiger partial charge in [-0.05, 0) is 44.1 Å². The molecule has 1 amide bonds. The summed E-state index contributed by atoms with van der Waals surface area (Å²) in [6.07, 6.45) is 0.0158. The molecule has 10 heteroatoms. The molecule has 30 heavy (non-hydrogen) atoms. The van der Waals surface area contributed by atoms with Crippen LogP contribution in [0.4, 0.5) is 18.9 Å². The minimum atomic E-state index is -4.69. The number of alkyl halides is 3. The summed E-state index contributed by atoms with van der Waals surface area (Å²) in [6.45, 7) is 1.81. The second-order valence-electron chi connectivity index (χ2n) is 7.03. The third-order valence-electron chi connectivity index (χ3n) is 5.15. The van der Waals surface area contributed by atoms with Gasteiger partial charge in [-0.2, -0.15) is 18.3 Å². The van der Waals surface area contributed by atoms with Gasteiger partial charge in [0.1, 0.15) is 11.4 Å². The Hall–Kier alpha value is -3.14. The van der Waals surface area contributed by atoms with Crippen molar-refractivity contribution in [2.75, 3.05) is 25.5 Å². The summed E-state index contributed by atoms with van der Waals surface area (Å²) < 4.78 is 47.0. The minimum Gasteiger partial charge on any atom is -0.494 e. The molecule has 0 aliphatic carbocycles. The van der Waals surface area contributed by atoms with Gasteiger partial charge in [-0.25, -0.2) is 0 Å². The number of methoxy groups -OCH3 is 1. The highest BCUT2D eigenvalue weighted by molar-refractivity contribution is 6.06. The van der Waals surface area contributed by atoms with E-state index in [0.717, 1.165) is 55.2 Å². The summed E-state index contributed by atoms with van der Waals surface area (Å²) in [5.41, 5.74) is -0.706. The van der Waals surface area contributed by atoms with Crippen LogP contribution in [0, 0.1) is 0 Å². The van der Waals surface area contributed by atoms with Crippen molar-refractivity contribution in [3.63, 3.8) is 0 Å². The van der Waals surface area contributed by atoms with Crippen molar-refractivity contribution in [1.82, 2.24) is 20.1 Å². The molecule has 4 rings (SSSR count). The van der Waals surface area contributed by atoms with Gasteiger partial charge >= 0.3 is 6.18 Å². The number of nitrogens with one attached hydrogen (secondary N) is 2. The predicted octanol–water partition coefficient (Wildman–Crippen LogP) is 3.64. The van der Waals surface area contributed by atoms with Crippen LogP contribution in [0.15, 0.2) is 36.7 Å². The molecule has 3 aromatic rings. The van der Waals surface area contributed by atoms with E-state index in [9.17, 15) is 18.0 Å². The van der Waals surface area contributed by atoms with Crippen LogP contribution in [0.1, 0.15) is 34.9 Å². The fourth-order valence-corrected chi connectivity index (χ4v) is 3.68. The van der Waals surface area contributed by atoms with Crippen LogP contribution in [-0.2, 0) is 6.18 Å². The standard InChI is InChI=1S/C20H20F3N5O2/c1-30-17-10-16-12(11-26-28(16)13-4-7-24-8-5-13)9-15(17)27-19(29)18-14(20(21,22)23)3-2-6-25-18/h2-3,6,9-11,13,24H,4-5,7-8H2,1H3,(H,27,29). The number of piperidine rings is 1. The average Bonchev–Trinajstić information content (AvgIpc) is 3.16. The van der Waals surface area contributed by atoms with Gasteiger partial charge in [-0.3, -0.25) is 14.5 Å². The first kappa shape index (κ1) is 20.1. The summed E-state index contributed by atoms with van der Waals surface area (Å²) in [7, 11) is 1.43. The minimum absolute atomic E-state index is 0.247. The topological polar surface area (TPSA) is 81.1 Å². The zero-order chi connectivity index (χ0) is 21.3. The zero-order valence-corrected chi connectivity index (χ0v) is 16.2. The van der Waals surface area contributed by atoms with Crippen molar-refractivity contribution < 1.29 is 22.7 Å². The Bertz CT molecular complexity index is 1070. The zero-order valence-electron chi connectivity index (χ0n) is 16.2. The van der Waals surface area contributed by atoms with Crippen LogP contribution in [0.3, 0.4) is 0 Å². The lowest BCUT2D eigenvalue weighted by Gasteiger charge is -2.24. The van der Waals surface area contributed by atoms with E-state index in [2.05, 4.69) is 20.7 Å². The van der Waals surface area contributed by atoms with E-state index in [-0.39, 0.29) is 11.7 Å². The molecule has 1 aliphatic rings. The van der Waals surface area contributed by atoms with Crippen LogP contribution in [0.25, 0.3) is 10.9 Å². The van der Waals surface area contributed by atoms with Crippen molar-refractivity contribution in [3.8, 4) is 5.75 Å². The van der Waals surface area contributed by atoms with Crippen molar-refractivity contribution >= 4 is 22.5 Å². The molecule has 1 aromatic carbocycles. The van der Waals surface area contributed by atoms with Crippen LogP contribution in [-0.4, -0.2) is 40.9 Å². The number of carbonyl (C=O) groups excluding carboxylic acids is 1. The molecule has 158 valence electrons. The molecule has 1 aliphatic heterocycles. The monoisotopic (exact) mass is 419 g/mol.